The summed E-state index contributed by atoms with van der Waals surface area (Å²) in [4.78, 5) is 8.24. The van der Waals surface area contributed by atoms with E-state index in [0.29, 0.717) is 12.8 Å². The first-order valence-corrected chi connectivity index (χ1v) is 7.31. The van der Waals surface area contributed by atoms with E-state index in [0.717, 1.165) is 16.6 Å². The van der Waals surface area contributed by atoms with Crippen LogP contribution >= 0.6 is 0 Å². The predicted molar refractivity (Wildman–Crippen MR) is 89.9 cm³/mol. The Bertz CT molecular complexity index is 537. The molecule has 1 aromatic heterocycles. The topological polar surface area (TPSA) is 25.8 Å². The monoisotopic (exact) mass is 306 g/mol. The maximum Gasteiger partial charge on any atom is 0.269 e. The molecule has 2 nitrogen and oxygen atoms in total. The number of fused-ring (bicyclic) bond motifs is 1. The van der Waals surface area contributed by atoms with Crippen LogP contribution in [0.1, 0.15) is 40.5 Å². The van der Waals surface area contributed by atoms with Crippen LogP contribution in [0.15, 0.2) is 60.5 Å². The third-order valence-corrected chi connectivity index (χ3v) is 2.63. The fourth-order valence-corrected chi connectivity index (χ4v) is 1.41. The number of para-hydroxylation sites is 2. The van der Waals surface area contributed by atoms with Gasteiger partial charge in [0.05, 0.1) is 11.0 Å². The molecule has 1 heterocycles. The molecule has 120 valence electrons. The number of allylic oxidation sites excluding steroid dienone is 2. The van der Waals surface area contributed by atoms with Gasteiger partial charge in [0.15, 0.2) is 0 Å². The third-order valence-electron chi connectivity index (χ3n) is 2.63. The van der Waals surface area contributed by atoms with Gasteiger partial charge in [-0.2, -0.15) is 8.78 Å². The van der Waals surface area contributed by atoms with Crippen molar-refractivity contribution in [1.82, 2.24) is 9.97 Å². The molecule has 0 spiro atoms. The molecule has 2 rings (SSSR count). The Morgan fingerprint density at radius 3 is 1.77 bits per heavy atom. The SMILES string of the molecule is C=C(C)CCC(C)=C(F)F.CC.c1ccc2nccnc2c1. The summed E-state index contributed by atoms with van der Waals surface area (Å²) in [5.41, 5.74) is 3.01. The molecule has 0 aliphatic heterocycles. The Kier molecular flexibility index (Phi) is 10.4. The second-order valence-electron chi connectivity index (χ2n) is 4.54. The van der Waals surface area contributed by atoms with Crippen molar-refractivity contribution < 1.29 is 8.78 Å². The van der Waals surface area contributed by atoms with Gasteiger partial charge in [-0.3, -0.25) is 9.97 Å². The maximum atomic E-state index is 11.7. The lowest BCUT2D eigenvalue weighted by molar-refractivity contribution is 0.408. The van der Waals surface area contributed by atoms with Crippen molar-refractivity contribution in [2.24, 2.45) is 0 Å². The average Bonchev–Trinajstić information content (AvgIpc) is 2.55. The first kappa shape index (κ1) is 19.9. The zero-order valence-corrected chi connectivity index (χ0v) is 13.7. The molecular weight excluding hydrogens is 282 g/mol. The Hall–Kier alpha value is -2.10. The highest BCUT2D eigenvalue weighted by molar-refractivity contribution is 5.72. The van der Waals surface area contributed by atoms with Crippen molar-refractivity contribution in [3.8, 4) is 0 Å². The van der Waals surface area contributed by atoms with Crippen molar-refractivity contribution in [2.45, 2.75) is 40.5 Å². The molecule has 0 bridgehead atoms. The zero-order valence-electron chi connectivity index (χ0n) is 13.7. The first-order valence-electron chi connectivity index (χ1n) is 7.31. The minimum Gasteiger partial charge on any atom is -0.253 e. The quantitative estimate of drug-likeness (QED) is 0.634. The molecular formula is C18H24F2N2. The van der Waals surface area contributed by atoms with Gasteiger partial charge in [-0.1, -0.05) is 31.6 Å². The van der Waals surface area contributed by atoms with E-state index in [-0.39, 0.29) is 5.57 Å². The molecule has 1 aromatic carbocycles. The van der Waals surface area contributed by atoms with Gasteiger partial charge in [-0.15, -0.1) is 6.58 Å². The molecule has 0 saturated heterocycles. The molecule has 0 amide bonds. The number of hydrogen-bond donors (Lipinski definition) is 0. The summed E-state index contributed by atoms with van der Waals surface area (Å²) in [7, 11) is 0. The summed E-state index contributed by atoms with van der Waals surface area (Å²) in [5.74, 6) is 0. The van der Waals surface area contributed by atoms with Crippen LogP contribution in [0.3, 0.4) is 0 Å². The molecule has 0 N–H and O–H groups in total. The normalized spacial score (nSPS) is 9.00. The molecule has 0 aliphatic rings. The highest BCUT2D eigenvalue weighted by Gasteiger charge is 1.98. The number of rotatable bonds is 3. The smallest absolute Gasteiger partial charge is 0.253 e. The lowest BCUT2D eigenvalue weighted by Gasteiger charge is -1.97. The van der Waals surface area contributed by atoms with Crippen LogP contribution in [0.25, 0.3) is 11.0 Å². The van der Waals surface area contributed by atoms with Gasteiger partial charge >= 0.3 is 0 Å². The second-order valence-corrected chi connectivity index (χ2v) is 4.54. The minimum absolute atomic E-state index is 0.169. The summed E-state index contributed by atoms with van der Waals surface area (Å²) in [6, 6.07) is 7.80. The van der Waals surface area contributed by atoms with Crippen LogP contribution in [0, 0.1) is 0 Å². The molecule has 0 fully saturated rings. The molecule has 0 unspecified atom stereocenters. The van der Waals surface area contributed by atoms with Crippen LogP contribution < -0.4 is 0 Å². The van der Waals surface area contributed by atoms with E-state index >= 15 is 0 Å². The highest BCUT2D eigenvalue weighted by atomic mass is 19.3. The molecule has 4 heteroatoms. The van der Waals surface area contributed by atoms with Crippen molar-refractivity contribution in [2.75, 3.05) is 0 Å². The van der Waals surface area contributed by atoms with E-state index < -0.39 is 6.08 Å². The van der Waals surface area contributed by atoms with E-state index in [1.165, 1.54) is 6.92 Å². The summed E-state index contributed by atoms with van der Waals surface area (Å²) >= 11 is 0. The number of nitrogens with zero attached hydrogens (tertiary/aromatic N) is 2. The molecule has 0 saturated carbocycles. The predicted octanol–water partition coefficient (Wildman–Crippen LogP) is 6.17. The molecule has 22 heavy (non-hydrogen) atoms. The first-order chi connectivity index (χ1) is 10.5. The Morgan fingerprint density at radius 1 is 0.955 bits per heavy atom. The fourth-order valence-electron chi connectivity index (χ4n) is 1.41. The van der Waals surface area contributed by atoms with E-state index in [2.05, 4.69) is 16.5 Å². The van der Waals surface area contributed by atoms with Gasteiger partial charge in [0.2, 0.25) is 0 Å². The van der Waals surface area contributed by atoms with E-state index in [1.807, 2.05) is 45.0 Å². The molecule has 0 atom stereocenters. The number of hydrogen-bond acceptors (Lipinski definition) is 2. The van der Waals surface area contributed by atoms with Crippen LogP contribution in [0.2, 0.25) is 0 Å². The van der Waals surface area contributed by atoms with Gasteiger partial charge < -0.3 is 0 Å². The fraction of sp³-hybridized carbons (Fsp3) is 0.333. The number of aromatic nitrogens is 2. The minimum atomic E-state index is -1.55. The van der Waals surface area contributed by atoms with E-state index in [1.54, 1.807) is 12.4 Å². The summed E-state index contributed by atoms with van der Waals surface area (Å²) in [5, 5.41) is 0. The van der Waals surface area contributed by atoms with E-state index in [9.17, 15) is 8.78 Å². The second kappa shape index (κ2) is 11.5. The van der Waals surface area contributed by atoms with Gasteiger partial charge in [-0.05, 0) is 44.4 Å². The van der Waals surface area contributed by atoms with Gasteiger partial charge in [0.25, 0.3) is 6.08 Å². The maximum absolute atomic E-state index is 11.7. The zero-order chi connectivity index (χ0) is 17.0. The Balaban J connectivity index is 0.000000360. The van der Waals surface area contributed by atoms with Crippen molar-refractivity contribution >= 4 is 11.0 Å². The van der Waals surface area contributed by atoms with Crippen LogP contribution in [-0.4, -0.2) is 9.97 Å². The molecule has 0 aliphatic carbocycles. The van der Waals surface area contributed by atoms with Crippen molar-refractivity contribution in [1.29, 1.82) is 0 Å². The third kappa shape index (κ3) is 8.25. The lowest BCUT2D eigenvalue weighted by atomic mass is 10.1. The molecule has 0 radical (unpaired) electrons. The lowest BCUT2D eigenvalue weighted by Crippen LogP contribution is -1.80. The van der Waals surface area contributed by atoms with Gasteiger partial charge in [-0.25, -0.2) is 0 Å². The van der Waals surface area contributed by atoms with E-state index in [4.69, 9.17) is 0 Å². The summed E-state index contributed by atoms with van der Waals surface area (Å²) in [6.07, 6.45) is 2.92. The van der Waals surface area contributed by atoms with Crippen LogP contribution in [0.4, 0.5) is 8.78 Å². The van der Waals surface area contributed by atoms with Gasteiger partial charge in [0, 0.05) is 12.4 Å². The van der Waals surface area contributed by atoms with Crippen molar-refractivity contribution in [3.05, 3.63) is 60.5 Å². The largest absolute Gasteiger partial charge is 0.269 e. The van der Waals surface area contributed by atoms with Crippen molar-refractivity contribution in [3.63, 3.8) is 0 Å². The number of halogens is 2. The number of benzene rings is 1. The summed E-state index contributed by atoms with van der Waals surface area (Å²) in [6.45, 7) is 10.9. The van der Waals surface area contributed by atoms with Crippen LogP contribution in [0.5, 0.6) is 0 Å². The van der Waals surface area contributed by atoms with Gasteiger partial charge in [0.1, 0.15) is 0 Å². The average molecular weight is 306 g/mol. The standard InChI is InChI=1S/C8H12F2.C8H6N2.C2H6/c1-6(2)4-5-7(3)8(9)10;1-2-4-8-7(3-1)9-5-6-10-8;1-2/h1,4-5H2,2-3H3;1-6H;1-2H3. The van der Waals surface area contributed by atoms with Crippen LogP contribution in [-0.2, 0) is 0 Å². The Labute approximate surface area is 131 Å². The highest BCUT2D eigenvalue weighted by Crippen LogP contribution is 2.14. The summed E-state index contributed by atoms with van der Waals surface area (Å²) < 4.78 is 23.5. The Morgan fingerprint density at radius 2 is 1.41 bits per heavy atom. The molecule has 2 aromatic rings.